The molecule has 8 heteroatoms. The van der Waals surface area contributed by atoms with Crippen LogP contribution in [-0.4, -0.2) is 38.2 Å². The van der Waals surface area contributed by atoms with Crippen molar-refractivity contribution in [1.29, 1.82) is 0 Å². The molecule has 0 radical (unpaired) electrons. The summed E-state index contributed by atoms with van der Waals surface area (Å²) >= 11 is 0. The third-order valence-electron chi connectivity index (χ3n) is 3.63. The van der Waals surface area contributed by atoms with Crippen molar-refractivity contribution >= 4 is 17.7 Å². The molecular formula is C18H17N5O3. The quantitative estimate of drug-likeness (QED) is 0.709. The summed E-state index contributed by atoms with van der Waals surface area (Å²) in [6.45, 7) is 3.78. The van der Waals surface area contributed by atoms with Gasteiger partial charge in [-0.2, -0.15) is 5.10 Å². The number of carbonyl (C=O) groups excluding carboxylic acids is 2. The fourth-order valence-corrected chi connectivity index (χ4v) is 2.37. The number of aromatic nitrogens is 4. The van der Waals surface area contributed by atoms with Crippen LogP contribution in [0, 0.1) is 6.92 Å². The van der Waals surface area contributed by atoms with E-state index >= 15 is 0 Å². The van der Waals surface area contributed by atoms with Crippen LogP contribution < -0.4 is 5.32 Å². The number of hydrogen-bond donors (Lipinski definition) is 1. The average Bonchev–Trinajstić information content (AvgIpc) is 3.04. The van der Waals surface area contributed by atoms with Crippen molar-refractivity contribution in [2.75, 3.05) is 11.9 Å². The maximum atomic E-state index is 12.5. The summed E-state index contributed by atoms with van der Waals surface area (Å²) in [6, 6.07) is 8.44. The highest BCUT2D eigenvalue weighted by molar-refractivity contribution is 6.05. The van der Waals surface area contributed by atoms with Crippen LogP contribution in [0.25, 0.3) is 5.82 Å². The average molecular weight is 351 g/mol. The number of anilines is 1. The molecule has 3 heterocycles. The Labute approximate surface area is 149 Å². The third kappa shape index (κ3) is 3.59. The molecular weight excluding hydrogens is 334 g/mol. The van der Waals surface area contributed by atoms with Gasteiger partial charge >= 0.3 is 5.97 Å². The van der Waals surface area contributed by atoms with Crippen LogP contribution in [0.4, 0.5) is 5.82 Å². The molecule has 3 aromatic rings. The molecule has 0 aliphatic heterocycles. The summed E-state index contributed by atoms with van der Waals surface area (Å²) in [7, 11) is 0. The van der Waals surface area contributed by atoms with Gasteiger partial charge in [0.05, 0.1) is 29.6 Å². The summed E-state index contributed by atoms with van der Waals surface area (Å²) in [5.41, 5.74) is 1.35. The molecule has 1 N–H and O–H groups in total. The summed E-state index contributed by atoms with van der Waals surface area (Å²) < 4.78 is 6.53. The van der Waals surface area contributed by atoms with E-state index in [9.17, 15) is 9.59 Å². The molecule has 0 saturated carbocycles. The summed E-state index contributed by atoms with van der Waals surface area (Å²) in [5.74, 6) is 0.0276. The van der Waals surface area contributed by atoms with Crippen LogP contribution in [0.1, 0.15) is 33.3 Å². The van der Waals surface area contributed by atoms with Crippen LogP contribution >= 0.6 is 0 Å². The molecule has 0 bridgehead atoms. The second-order valence-corrected chi connectivity index (χ2v) is 5.35. The maximum Gasteiger partial charge on any atom is 0.338 e. The van der Waals surface area contributed by atoms with Crippen molar-refractivity contribution < 1.29 is 14.3 Å². The lowest BCUT2D eigenvalue weighted by molar-refractivity contribution is 0.0526. The zero-order chi connectivity index (χ0) is 18.5. The fourth-order valence-electron chi connectivity index (χ4n) is 2.37. The Morgan fingerprint density at radius 2 is 2.04 bits per heavy atom. The summed E-state index contributed by atoms with van der Waals surface area (Å²) in [4.78, 5) is 32.6. The molecule has 0 spiro atoms. The SMILES string of the molecule is CCOC(=O)c1ccnc(NC(=O)c2cnn(-c3ccccn3)c2C)c1. The Morgan fingerprint density at radius 3 is 2.77 bits per heavy atom. The summed E-state index contributed by atoms with van der Waals surface area (Å²) in [6.07, 6.45) is 4.56. The predicted molar refractivity (Wildman–Crippen MR) is 94.2 cm³/mol. The number of carbonyl (C=O) groups is 2. The van der Waals surface area contributed by atoms with Gasteiger partial charge in [-0.25, -0.2) is 19.4 Å². The van der Waals surface area contributed by atoms with E-state index in [1.165, 1.54) is 24.5 Å². The molecule has 3 aromatic heterocycles. The van der Waals surface area contributed by atoms with Crippen molar-refractivity contribution in [3.8, 4) is 5.82 Å². The lowest BCUT2D eigenvalue weighted by Gasteiger charge is -2.07. The molecule has 0 saturated heterocycles. The van der Waals surface area contributed by atoms with Gasteiger partial charge in [0, 0.05) is 12.4 Å². The number of hydrogen-bond acceptors (Lipinski definition) is 6. The molecule has 1 amide bonds. The second kappa shape index (κ2) is 7.56. The predicted octanol–water partition coefficient (Wildman–Crippen LogP) is 2.40. The van der Waals surface area contributed by atoms with Crippen molar-refractivity contribution in [2.45, 2.75) is 13.8 Å². The van der Waals surface area contributed by atoms with Crippen molar-refractivity contribution in [1.82, 2.24) is 19.7 Å². The molecule has 3 rings (SSSR count). The first-order valence-electron chi connectivity index (χ1n) is 8.00. The Hall–Kier alpha value is -3.55. The first kappa shape index (κ1) is 17.3. The molecule has 0 atom stereocenters. The van der Waals surface area contributed by atoms with Crippen LogP contribution in [0.15, 0.2) is 48.9 Å². The highest BCUT2D eigenvalue weighted by atomic mass is 16.5. The van der Waals surface area contributed by atoms with E-state index in [0.29, 0.717) is 22.6 Å². The van der Waals surface area contributed by atoms with Gasteiger partial charge < -0.3 is 10.1 Å². The van der Waals surface area contributed by atoms with Gasteiger partial charge in [0.2, 0.25) is 0 Å². The number of esters is 1. The van der Waals surface area contributed by atoms with Crippen LogP contribution in [0.2, 0.25) is 0 Å². The number of nitrogens with zero attached hydrogens (tertiary/aromatic N) is 4. The first-order valence-corrected chi connectivity index (χ1v) is 8.00. The minimum absolute atomic E-state index is 0.255. The Kier molecular flexibility index (Phi) is 5.02. The van der Waals surface area contributed by atoms with Crippen molar-refractivity contribution in [3.63, 3.8) is 0 Å². The smallest absolute Gasteiger partial charge is 0.338 e. The van der Waals surface area contributed by atoms with Crippen LogP contribution in [-0.2, 0) is 4.74 Å². The van der Waals surface area contributed by atoms with Crippen LogP contribution in [0.5, 0.6) is 0 Å². The van der Waals surface area contributed by atoms with E-state index in [2.05, 4.69) is 20.4 Å². The van der Waals surface area contributed by atoms with E-state index < -0.39 is 5.97 Å². The Morgan fingerprint density at radius 1 is 1.19 bits per heavy atom. The normalized spacial score (nSPS) is 10.4. The van der Waals surface area contributed by atoms with Crippen molar-refractivity contribution in [3.05, 3.63) is 65.7 Å². The number of amides is 1. The van der Waals surface area contributed by atoms with Crippen LogP contribution in [0.3, 0.4) is 0 Å². The molecule has 0 unspecified atom stereocenters. The second-order valence-electron chi connectivity index (χ2n) is 5.35. The fraction of sp³-hybridized carbons (Fsp3) is 0.167. The number of ether oxygens (including phenoxy) is 1. The highest BCUT2D eigenvalue weighted by Gasteiger charge is 2.17. The summed E-state index contributed by atoms with van der Waals surface area (Å²) in [5, 5.41) is 6.89. The third-order valence-corrected chi connectivity index (χ3v) is 3.63. The number of pyridine rings is 2. The van der Waals surface area contributed by atoms with Gasteiger partial charge in [-0.1, -0.05) is 6.07 Å². The minimum atomic E-state index is -0.468. The maximum absolute atomic E-state index is 12.5. The monoisotopic (exact) mass is 351 g/mol. The first-order chi connectivity index (χ1) is 12.6. The Balaban J connectivity index is 1.80. The molecule has 132 valence electrons. The molecule has 0 aliphatic rings. The van der Waals surface area contributed by atoms with E-state index in [4.69, 9.17) is 4.74 Å². The van der Waals surface area contributed by atoms with Gasteiger partial charge in [-0.3, -0.25) is 4.79 Å². The van der Waals surface area contributed by atoms with Gasteiger partial charge in [-0.05, 0) is 38.1 Å². The lowest BCUT2D eigenvalue weighted by Crippen LogP contribution is -2.15. The minimum Gasteiger partial charge on any atom is -0.462 e. The van der Waals surface area contributed by atoms with Gasteiger partial charge in [0.15, 0.2) is 5.82 Å². The largest absolute Gasteiger partial charge is 0.462 e. The van der Waals surface area contributed by atoms with E-state index in [1.54, 1.807) is 36.9 Å². The zero-order valence-corrected chi connectivity index (χ0v) is 14.3. The van der Waals surface area contributed by atoms with Gasteiger partial charge in [0.25, 0.3) is 5.91 Å². The van der Waals surface area contributed by atoms with Gasteiger partial charge in [0.1, 0.15) is 5.82 Å². The lowest BCUT2D eigenvalue weighted by atomic mass is 10.2. The standard InChI is InChI=1S/C18H17N5O3/c1-3-26-18(25)13-7-9-19-15(10-13)22-17(24)14-11-21-23(12(14)2)16-6-4-5-8-20-16/h4-11H,3H2,1-2H3,(H,19,22,24). The van der Waals surface area contributed by atoms with Gasteiger partial charge in [-0.15, -0.1) is 0 Å². The van der Waals surface area contributed by atoms with E-state index in [-0.39, 0.29) is 18.3 Å². The number of rotatable bonds is 5. The molecule has 0 fully saturated rings. The molecule has 8 nitrogen and oxygen atoms in total. The zero-order valence-electron chi connectivity index (χ0n) is 14.3. The highest BCUT2D eigenvalue weighted by Crippen LogP contribution is 2.15. The topological polar surface area (TPSA) is 99.0 Å². The number of nitrogens with one attached hydrogen (secondary N) is 1. The van der Waals surface area contributed by atoms with E-state index in [1.807, 2.05) is 6.07 Å². The van der Waals surface area contributed by atoms with E-state index in [0.717, 1.165) is 0 Å². The Bertz CT molecular complexity index is 937. The molecule has 0 aromatic carbocycles. The van der Waals surface area contributed by atoms with Crippen molar-refractivity contribution in [2.24, 2.45) is 0 Å². The molecule has 26 heavy (non-hydrogen) atoms. The molecule has 0 aliphatic carbocycles.